The molecule has 1 aliphatic rings. The lowest BCUT2D eigenvalue weighted by atomic mass is 9.99. The average Bonchev–Trinajstić information content (AvgIpc) is 2.44. The van der Waals surface area contributed by atoms with Gasteiger partial charge < -0.3 is 15.4 Å². The lowest BCUT2D eigenvalue weighted by Crippen LogP contribution is -2.39. The molecule has 3 heteroatoms. The highest BCUT2D eigenvalue weighted by Crippen LogP contribution is 2.16. The van der Waals surface area contributed by atoms with Crippen molar-refractivity contribution >= 4 is 0 Å². The number of morpholine rings is 1. The quantitative estimate of drug-likeness (QED) is 0.797. The highest BCUT2D eigenvalue weighted by atomic mass is 16.5. The van der Waals surface area contributed by atoms with E-state index in [1.165, 1.54) is 22.3 Å². The summed E-state index contributed by atoms with van der Waals surface area (Å²) in [6, 6.07) is 4.46. The van der Waals surface area contributed by atoms with Crippen LogP contribution in [0.15, 0.2) is 12.1 Å². The van der Waals surface area contributed by atoms with Gasteiger partial charge in [-0.05, 0) is 56.0 Å². The zero-order valence-corrected chi connectivity index (χ0v) is 12.4. The normalized spacial score (nSPS) is 19.6. The second kappa shape index (κ2) is 7.04. The predicted octanol–water partition coefficient (Wildman–Crippen LogP) is 2.08. The van der Waals surface area contributed by atoms with Crippen molar-refractivity contribution in [3.05, 3.63) is 34.4 Å². The van der Waals surface area contributed by atoms with Crippen molar-refractivity contribution < 1.29 is 4.74 Å². The van der Waals surface area contributed by atoms with Crippen LogP contribution in [-0.4, -0.2) is 32.3 Å². The summed E-state index contributed by atoms with van der Waals surface area (Å²) in [5.41, 5.74) is 5.62. The van der Waals surface area contributed by atoms with Crippen LogP contribution in [0.1, 0.15) is 28.7 Å². The maximum Gasteiger partial charge on any atom is 0.0712 e. The third-order valence-electron chi connectivity index (χ3n) is 4.13. The smallest absolute Gasteiger partial charge is 0.0712 e. The topological polar surface area (TPSA) is 33.3 Å². The summed E-state index contributed by atoms with van der Waals surface area (Å²) < 4.78 is 5.69. The minimum atomic E-state index is 0.377. The molecule has 1 unspecified atom stereocenters. The second-order valence-electron chi connectivity index (χ2n) is 5.45. The van der Waals surface area contributed by atoms with E-state index in [9.17, 15) is 0 Å². The van der Waals surface area contributed by atoms with Crippen LogP contribution in [0.3, 0.4) is 0 Å². The van der Waals surface area contributed by atoms with Crippen LogP contribution in [0, 0.1) is 20.8 Å². The maximum atomic E-state index is 5.69. The molecule has 1 heterocycles. The van der Waals surface area contributed by atoms with Gasteiger partial charge in [0.25, 0.3) is 0 Å². The maximum absolute atomic E-state index is 5.69. The molecule has 1 aromatic rings. The Labute approximate surface area is 116 Å². The van der Waals surface area contributed by atoms with Gasteiger partial charge in [-0.25, -0.2) is 0 Å². The molecule has 0 radical (unpaired) electrons. The molecule has 2 N–H and O–H groups in total. The highest BCUT2D eigenvalue weighted by Gasteiger charge is 2.12. The van der Waals surface area contributed by atoms with Crippen LogP contribution in [0.5, 0.6) is 0 Å². The minimum absolute atomic E-state index is 0.377. The lowest BCUT2D eigenvalue weighted by Gasteiger charge is -2.23. The molecule has 0 amide bonds. The van der Waals surface area contributed by atoms with Gasteiger partial charge in [-0.15, -0.1) is 0 Å². The van der Waals surface area contributed by atoms with Crippen molar-refractivity contribution in [2.45, 2.75) is 39.8 Å². The van der Waals surface area contributed by atoms with Crippen molar-refractivity contribution in [2.24, 2.45) is 0 Å². The van der Waals surface area contributed by atoms with Gasteiger partial charge in [0.15, 0.2) is 0 Å². The molecule has 3 nitrogen and oxygen atoms in total. The Morgan fingerprint density at radius 1 is 1.26 bits per heavy atom. The summed E-state index contributed by atoms with van der Waals surface area (Å²) in [4.78, 5) is 0. The number of aryl methyl sites for hydroxylation is 1. The van der Waals surface area contributed by atoms with Gasteiger partial charge in [0.1, 0.15) is 0 Å². The Morgan fingerprint density at radius 3 is 2.84 bits per heavy atom. The van der Waals surface area contributed by atoms with Crippen molar-refractivity contribution in [1.29, 1.82) is 0 Å². The summed E-state index contributed by atoms with van der Waals surface area (Å²) in [6.07, 6.45) is 1.46. The molecule has 0 bridgehead atoms. The van der Waals surface area contributed by atoms with E-state index in [1.807, 2.05) is 0 Å². The molecular formula is C16H26N2O. The molecule has 1 fully saturated rings. The SMILES string of the molecule is Cc1ccc(CNCCC2CNCCO2)c(C)c1C. The van der Waals surface area contributed by atoms with E-state index in [2.05, 4.69) is 43.5 Å². The van der Waals surface area contributed by atoms with E-state index >= 15 is 0 Å². The van der Waals surface area contributed by atoms with Crippen LogP contribution in [0.25, 0.3) is 0 Å². The molecule has 2 rings (SSSR count). The summed E-state index contributed by atoms with van der Waals surface area (Å²) in [6.45, 7) is 11.4. The molecule has 1 aromatic carbocycles. The fourth-order valence-corrected chi connectivity index (χ4v) is 2.49. The zero-order chi connectivity index (χ0) is 13.7. The highest BCUT2D eigenvalue weighted by molar-refractivity contribution is 5.38. The average molecular weight is 262 g/mol. The van der Waals surface area contributed by atoms with Gasteiger partial charge in [-0.3, -0.25) is 0 Å². The standard InChI is InChI=1S/C16H26N2O/c1-12-4-5-15(14(3)13(12)2)10-17-7-6-16-11-18-8-9-19-16/h4-5,16-18H,6-11H2,1-3H3. The van der Waals surface area contributed by atoms with Crippen molar-refractivity contribution in [3.8, 4) is 0 Å². The molecule has 1 atom stereocenters. The van der Waals surface area contributed by atoms with Gasteiger partial charge in [-0.2, -0.15) is 0 Å². The summed E-state index contributed by atoms with van der Waals surface area (Å²) >= 11 is 0. The third kappa shape index (κ3) is 4.03. The van der Waals surface area contributed by atoms with Crippen molar-refractivity contribution in [1.82, 2.24) is 10.6 Å². The predicted molar refractivity (Wildman–Crippen MR) is 79.6 cm³/mol. The van der Waals surface area contributed by atoms with E-state index in [0.29, 0.717) is 6.10 Å². The largest absolute Gasteiger partial charge is 0.376 e. The monoisotopic (exact) mass is 262 g/mol. The van der Waals surface area contributed by atoms with Gasteiger partial charge in [0, 0.05) is 19.6 Å². The molecule has 0 saturated carbocycles. The van der Waals surface area contributed by atoms with E-state index in [4.69, 9.17) is 4.74 Å². The zero-order valence-electron chi connectivity index (χ0n) is 12.4. The van der Waals surface area contributed by atoms with E-state index < -0.39 is 0 Å². The summed E-state index contributed by atoms with van der Waals surface area (Å²) in [7, 11) is 0. The van der Waals surface area contributed by atoms with Crippen LogP contribution >= 0.6 is 0 Å². The molecule has 0 aliphatic carbocycles. The fourth-order valence-electron chi connectivity index (χ4n) is 2.49. The first-order valence-corrected chi connectivity index (χ1v) is 7.27. The first-order valence-electron chi connectivity index (χ1n) is 7.27. The molecule has 106 valence electrons. The Balaban J connectivity index is 1.75. The van der Waals surface area contributed by atoms with Crippen LogP contribution in [-0.2, 0) is 11.3 Å². The Kier molecular flexibility index (Phi) is 5.37. The third-order valence-corrected chi connectivity index (χ3v) is 4.13. The Morgan fingerprint density at radius 2 is 2.11 bits per heavy atom. The van der Waals surface area contributed by atoms with E-state index in [1.54, 1.807) is 0 Å². The molecule has 1 aliphatic heterocycles. The summed E-state index contributed by atoms with van der Waals surface area (Å²) in [5, 5.41) is 6.89. The molecule has 0 aromatic heterocycles. The minimum Gasteiger partial charge on any atom is -0.376 e. The fraction of sp³-hybridized carbons (Fsp3) is 0.625. The van der Waals surface area contributed by atoms with Crippen LogP contribution in [0.2, 0.25) is 0 Å². The van der Waals surface area contributed by atoms with Gasteiger partial charge >= 0.3 is 0 Å². The number of rotatable bonds is 5. The van der Waals surface area contributed by atoms with Gasteiger partial charge in [-0.1, -0.05) is 12.1 Å². The van der Waals surface area contributed by atoms with Crippen molar-refractivity contribution in [2.75, 3.05) is 26.2 Å². The van der Waals surface area contributed by atoms with Crippen LogP contribution < -0.4 is 10.6 Å². The van der Waals surface area contributed by atoms with Gasteiger partial charge in [0.2, 0.25) is 0 Å². The van der Waals surface area contributed by atoms with Crippen LogP contribution in [0.4, 0.5) is 0 Å². The number of nitrogens with one attached hydrogen (secondary N) is 2. The molecule has 1 saturated heterocycles. The van der Waals surface area contributed by atoms with Crippen molar-refractivity contribution in [3.63, 3.8) is 0 Å². The Bertz CT molecular complexity index is 411. The number of hydrogen-bond acceptors (Lipinski definition) is 3. The second-order valence-corrected chi connectivity index (χ2v) is 5.45. The number of hydrogen-bond donors (Lipinski definition) is 2. The lowest BCUT2D eigenvalue weighted by molar-refractivity contribution is 0.0238. The first-order chi connectivity index (χ1) is 9.18. The summed E-state index contributed by atoms with van der Waals surface area (Å²) in [5.74, 6) is 0. The molecule has 19 heavy (non-hydrogen) atoms. The number of ether oxygens (including phenoxy) is 1. The van der Waals surface area contributed by atoms with E-state index in [-0.39, 0.29) is 0 Å². The first kappa shape index (κ1) is 14.5. The van der Waals surface area contributed by atoms with Gasteiger partial charge in [0.05, 0.1) is 12.7 Å². The number of benzene rings is 1. The molecule has 0 spiro atoms. The molecular weight excluding hydrogens is 236 g/mol. The Hall–Kier alpha value is -0.900. The van der Waals surface area contributed by atoms with E-state index in [0.717, 1.165) is 39.2 Å².